The molecule has 1 fully saturated rings. The van der Waals surface area contributed by atoms with Crippen molar-refractivity contribution in [2.75, 3.05) is 25.0 Å². The second kappa shape index (κ2) is 6.83. The van der Waals surface area contributed by atoms with Crippen molar-refractivity contribution in [2.24, 2.45) is 5.92 Å². The molecule has 0 bridgehead atoms. The summed E-state index contributed by atoms with van der Waals surface area (Å²) in [6.45, 7) is 7.33. The highest BCUT2D eigenvalue weighted by atomic mass is 15.0. The number of nitrogens with one attached hydrogen (secondary N) is 2. The second-order valence-electron chi connectivity index (χ2n) is 5.92. The lowest BCUT2D eigenvalue weighted by atomic mass is 9.98. The van der Waals surface area contributed by atoms with Gasteiger partial charge in [-0.2, -0.15) is 0 Å². The molecule has 1 aliphatic rings. The maximum Gasteiger partial charge on any atom is 0.163 e. The van der Waals surface area contributed by atoms with E-state index >= 15 is 0 Å². The smallest absolute Gasteiger partial charge is 0.163 e. The third-order valence-corrected chi connectivity index (χ3v) is 4.33. The maximum atomic E-state index is 4.71. The molecule has 2 aromatic heterocycles. The fraction of sp³-hybridized carbons (Fsp3) is 0.471. The van der Waals surface area contributed by atoms with Crippen LogP contribution in [0.5, 0.6) is 0 Å². The van der Waals surface area contributed by atoms with Crippen molar-refractivity contribution in [1.82, 2.24) is 20.3 Å². The molecule has 2 N–H and O–H groups in total. The van der Waals surface area contributed by atoms with E-state index in [2.05, 4.69) is 27.5 Å². The fourth-order valence-electron chi connectivity index (χ4n) is 2.75. The first-order valence-electron chi connectivity index (χ1n) is 7.94. The van der Waals surface area contributed by atoms with Crippen molar-refractivity contribution in [1.29, 1.82) is 0 Å². The van der Waals surface area contributed by atoms with E-state index in [1.165, 1.54) is 12.8 Å². The standard InChI is InChI=1S/C17H23N5/c1-12-13(2)21-17(15-4-3-7-19-11-15)22-16(12)20-10-14-5-8-18-9-6-14/h3-4,7,11,14,18H,5-6,8-10H2,1-2H3,(H,20,21,22). The van der Waals surface area contributed by atoms with Crippen LogP contribution in [0.25, 0.3) is 11.4 Å². The van der Waals surface area contributed by atoms with Crippen molar-refractivity contribution < 1.29 is 0 Å². The van der Waals surface area contributed by atoms with Crippen LogP contribution >= 0.6 is 0 Å². The number of anilines is 1. The molecular formula is C17H23N5. The maximum absolute atomic E-state index is 4.71. The molecule has 0 aromatic carbocycles. The molecule has 1 saturated heterocycles. The van der Waals surface area contributed by atoms with Crippen LogP contribution in [0.4, 0.5) is 5.82 Å². The summed E-state index contributed by atoms with van der Waals surface area (Å²) in [6.07, 6.45) is 6.03. The number of hydrogen-bond donors (Lipinski definition) is 2. The molecule has 1 aliphatic heterocycles. The Morgan fingerprint density at radius 2 is 2.05 bits per heavy atom. The van der Waals surface area contributed by atoms with Crippen molar-refractivity contribution in [3.63, 3.8) is 0 Å². The highest BCUT2D eigenvalue weighted by Crippen LogP contribution is 2.22. The Kier molecular flexibility index (Phi) is 4.63. The van der Waals surface area contributed by atoms with E-state index in [0.717, 1.165) is 54.0 Å². The fourth-order valence-corrected chi connectivity index (χ4v) is 2.75. The van der Waals surface area contributed by atoms with Crippen LogP contribution in [0, 0.1) is 19.8 Å². The van der Waals surface area contributed by atoms with Crippen LogP contribution in [0.2, 0.25) is 0 Å². The first-order chi connectivity index (χ1) is 10.7. The third-order valence-electron chi connectivity index (χ3n) is 4.33. The number of hydrogen-bond acceptors (Lipinski definition) is 5. The molecule has 0 aliphatic carbocycles. The lowest BCUT2D eigenvalue weighted by Crippen LogP contribution is -2.31. The van der Waals surface area contributed by atoms with Gasteiger partial charge in [0.05, 0.1) is 0 Å². The normalized spacial score (nSPS) is 15.7. The number of aryl methyl sites for hydroxylation is 1. The van der Waals surface area contributed by atoms with Crippen LogP contribution in [0.3, 0.4) is 0 Å². The zero-order valence-corrected chi connectivity index (χ0v) is 13.3. The molecule has 0 unspecified atom stereocenters. The third kappa shape index (κ3) is 3.42. The highest BCUT2D eigenvalue weighted by Gasteiger charge is 2.15. The van der Waals surface area contributed by atoms with Crippen molar-refractivity contribution in [3.05, 3.63) is 35.8 Å². The summed E-state index contributed by atoms with van der Waals surface area (Å²) in [5.74, 6) is 2.41. The van der Waals surface area contributed by atoms with E-state index in [9.17, 15) is 0 Å². The van der Waals surface area contributed by atoms with E-state index in [1.807, 2.05) is 19.1 Å². The van der Waals surface area contributed by atoms with E-state index in [0.29, 0.717) is 0 Å². The minimum absolute atomic E-state index is 0.720. The summed E-state index contributed by atoms with van der Waals surface area (Å²) in [4.78, 5) is 13.5. The van der Waals surface area contributed by atoms with Crippen molar-refractivity contribution in [2.45, 2.75) is 26.7 Å². The number of piperidine rings is 1. The molecule has 0 spiro atoms. The van der Waals surface area contributed by atoms with E-state index in [1.54, 1.807) is 12.4 Å². The van der Waals surface area contributed by atoms with Gasteiger partial charge in [-0.3, -0.25) is 4.98 Å². The summed E-state index contributed by atoms with van der Waals surface area (Å²) >= 11 is 0. The lowest BCUT2D eigenvalue weighted by molar-refractivity contribution is 0.389. The molecular weight excluding hydrogens is 274 g/mol. The Morgan fingerprint density at radius 3 is 2.77 bits per heavy atom. The zero-order valence-electron chi connectivity index (χ0n) is 13.3. The molecule has 3 heterocycles. The summed E-state index contributed by atoms with van der Waals surface area (Å²) in [7, 11) is 0. The van der Waals surface area contributed by atoms with E-state index < -0.39 is 0 Å². The average molecular weight is 297 g/mol. The molecule has 5 heteroatoms. The first kappa shape index (κ1) is 14.9. The van der Waals surface area contributed by atoms with Crippen LogP contribution in [-0.2, 0) is 0 Å². The molecule has 5 nitrogen and oxygen atoms in total. The second-order valence-corrected chi connectivity index (χ2v) is 5.92. The molecule has 0 radical (unpaired) electrons. The van der Waals surface area contributed by atoms with Crippen molar-refractivity contribution >= 4 is 5.82 Å². The zero-order chi connectivity index (χ0) is 15.4. The predicted octanol–water partition coefficient (Wildman–Crippen LogP) is 2.57. The van der Waals surface area contributed by atoms with Gasteiger partial charge in [-0.25, -0.2) is 9.97 Å². The van der Waals surface area contributed by atoms with Gasteiger partial charge in [0, 0.05) is 35.8 Å². The van der Waals surface area contributed by atoms with Crippen LogP contribution in [0.15, 0.2) is 24.5 Å². The Morgan fingerprint density at radius 1 is 1.23 bits per heavy atom. The van der Waals surface area contributed by atoms with Crippen LogP contribution in [0.1, 0.15) is 24.1 Å². The molecule has 0 amide bonds. The van der Waals surface area contributed by atoms with E-state index in [-0.39, 0.29) is 0 Å². The van der Waals surface area contributed by atoms with Crippen LogP contribution < -0.4 is 10.6 Å². The number of nitrogens with zero attached hydrogens (tertiary/aromatic N) is 3. The Bertz CT molecular complexity index is 620. The number of pyridine rings is 1. The highest BCUT2D eigenvalue weighted by molar-refractivity contribution is 5.58. The van der Waals surface area contributed by atoms with Gasteiger partial charge in [0.1, 0.15) is 5.82 Å². The van der Waals surface area contributed by atoms with Gasteiger partial charge in [0.25, 0.3) is 0 Å². The van der Waals surface area contributed by atoms with Crippen LogP contribution in [-0.4, -0.2) is 34.6 Å². The first-order valence-corrected chi connectivity index (χ1v) is 7.94. The molecule has 0 atom stereocenters. The lowest BCUT2D eigenvalue weighted by Gasteiger charge is -2.23. The van der Waals surface area contributed by atoms with Gasteiger partial charge in [-0.05, 0) is 57.8 Å². The molecule has 3 rings (SSSR count). The van der Waals surface area contributed by atoms with Gasteiger partial charge in [0.2, 0.25) is 0 Å². The number of rotatable bonds is 4. The summed E-state index contributed by atoms with van der Waals surface area (Å²) in [5.41, 5.74) is 3.10. The average Bonchev–Trinajstić information content (AvgIpc) is 2.58. The minimum Gasteiger partial charge on any atom is -0.369 e. The predicted molar refractivity (Wildman–Crippen MR) is 88.8 cm³/mol. The van der Waals surface area contributed by atoms with Gasteiger partial charge in [0.15, 0.2) is 5.82 Å². The van der Waals surface area contributed by atoms with E-state index in [4.69, 9.17) is 4.98 Å². The summed E-state index contributed by atoms with van der Waals surface area (Å²) in [6, 6.07) is 3.91. The van der Waals surface area contributed by atoms with Gasteiger partial charge in [-0.15, -0.1) is 0 Å². The Hall–Kier alpha value is -2.01. The Labute approximate surface area is 131 Å². The molecule has 0 saturated carbocycles. The molecule has 22 heavy (non-hydrogen) atoms. The largest absolute Gasteiger partial charge is 0.369 e. The van der Waals surface area contributed by atoms with Gasteiger partial charge < -0.3 is 10.6 Å². The van der Waals surface area contributed by atoms with Gasteiger partial charge in [-0.1, -0.05) is 0 Å². The SMILES string of the molecule is Cc1nc(-c2cccnc2)nc(NCC2CCNCC2)c1C. The summed E-state index contributed by atoms with van der Waals surface area (Å²) in [5, 5.41) is 6.94. The quantitative estimate of drug-likeness (QED) is 0.908. The summed E-state index contributed by atoms with van der Waals surface area (Å²) < 4.78 is 0. The van der Waals surface area contributed by atoms with Crippen molar-refractivity contribution in [3.8, 4) is 11.4 Å². The molecule has 2 aromatic rings. The van der Waals surface area contributed by atoms with Gasteiger partial charge >= 0.3 is 0 Å². The Balaban J connectivity index is 1.79. The monoisotopic (exact) mass is 297 g/mol. The topological polar surface area (TPSA) is 62.7 Å². The minimum atomic E-state index is 0.720. The number of aromatic nitrogens is 3. The molecule has 116 valence electrons.